The number of thiazole rings is 1. The maximum atomic E-state index is 12.9. The number of halogens is 1. The first kappa shape index (κ1) is 17.3. The highest BCUT2D eigenvalue weighted by molar-refractivity contribution is 7.12. The summed E-state index contributed by atoms with van der Waals surface area (Å²) in [5.74, 6) is -0.348. The maximum absolute atomic E-state index is 12.9. The first-order valence-electron chi connectivity index (χ1n) is 8.06. The quantitative estimate of drug-likeness (QED) is 0.737. The predicted octanol–water partition coefficient (Wildman–Crippen LogP) is 4.42. The van der Waals surface area contributed by atoms with E-state index in [0.717, 1.165) is 26.7 Å². The summed E-state index contributed by atoms with van der Waals surface area (Å²) in [4.78, 5) is 17.8. The number of amides is 1. The average Bonchev–Trinajstić information content (AvgIpc) is 2.95. The van der Waals surface area contributed by atoms with Crippen molar-refractivity contribution < 1.29 is 9.18 Å². The van der Waals surface area contributed by atoms with E-state index in [-0.39, 0.29) is 18.1 Å². The summed E-state index contributed by atoms with van der Waals surface area (Å²) in [6.45, 7) is 4.37. The molecule has 3 rings (SSSR count). The van der Waals surface area contributed by atoms with Gasteiger partial charge >= 0.3 is 0 Å². The molecule has 0 spiro atoms. The summed E-state index contributed by atoms with van der Waals surface area (Å²) in [6.07, 6.45) is 0.288. The van der Waals surface area contributed by atoms with E-state index < -0.39 is 0 Å². The van der Waals surface area contributed by atoms with Crippen molar-refractivity contribution >= 4 is 17.2 Å². The Kier molecular flexibility index (Phi) is 5.24. The van der Waals surface area contributed by atoms with E-state index >= 15 is 0 Å². The summed E-state index contributed by atoms with van der Waals surface area (Å²) in [7, 11) is 0. The van der Waals surface area contributed by atoms with Crippen LogP contribution in [0.25, 0.3) is 11.3 Å². The highest BCUT2D eigenvalue weighted by atomic mass is 32.1. The van der Waals surface area contributed by atoms with Gasteiger partial charge in [0.2, 0.25) is 5.91 Å². The van der Waals surface area contributed by atoms with E-state index in [9.17, 15) is 9.18 Å². The molecule has 1 amide bonds. The van der Waals surface area contributed by atoms with Crippen molar-refractivity contribution in [2.75, 3.05) is 0 Å². The summed E-state index contributed by atoms with van der Waals surface area (Å²) >= 11 is 1.54. The Balaban J connectivity index is 1.69. The standard InChI is InChI=1S/C20H19FN2OS/c1-13-3-7-16(8-4-13)20-18(25-14(2)23-20)11-19(24)22-12-15-5-9-17(21)10-6-15/h3-10H,11-12H2,1-2H3,(H,22,24). The molecule has 3 nitrogen and oxygen atoms in total. The molecular weight excluding hydrogens is 335 g/mol. The fraction of sp³-hybridized carbons (Fsp3) is 0.200. The molecule has 0 bridgehead atoms. The summed E-state index contributed by atoms with van der Waals surface area (Å²) in [5.41, 5.74) is 3.96. The smallest absolute Gasteiger partial charge is 0.225 e. The lowest BCUT2D eigenvalue weighted by Crippen LogP contribution is -2.24. The summed E-state index contributed by atoms with van der Waals surface area (Å²) in [5, 5.41) is 3.82. The molecule has 2 aromatic carbocycles. The highest BCUT2D eigenvalue weighted by Crippen LogP contribution is 2.28. The second-order valence-corrected chi connectivity index (χ2v) is 7.24. The largest absolute Gasteiger partial charge is 0.352 e. The number of aromatic nitrogens is 1. The van der Waals surface area contributed by atoms with Crippen molar-refractivity contribution in [2.24, 2.45) is 0 Å². The molecule has 0 saturated heterocycles. The van der Waals surface area contributed by atoms with Crippen LogP contribution in [0.4, 0.5) is 4.39 Å². The summed E-state index contributed by atoms with van der Waals surface area (Å²) < 4.78 is 12.9. The Labute approximate surface area is 150 Å². The minimum absolute atomic E-state index is 0.0682. The van der Waals surface area contributed by atoms with E-state index in [2.05, 4.69) is 10.3 Å². The zero-order valence-electron chi connectivity index (χ0n) is 14.2. The van der Waals surface area contributed by atoms with Crippen LogP contribution in [0.1, 0.15) is 21.0 Å². The minimum atomic E-state index is -0.280. The second-order valence-electron chi connectivity index (χ2n) is 5.95. The van der Waals surface area contributed by atoms with Crippen LogP contribution in [0.3, 0.4) is 0 Å². The molecule has 0 atom stereocenters. The monoisotopic (exact) mass is 354 g/mol. The van der Waals surface area contributed by atoms with Gasteiger partial charge in [-0.3, -0.25) is 4.79 Å². The normalized spacial score (nSPS) is 10.7. The SMILES string of the molecule is Cc1ccc(-c2nc(C)sc2CC(=O)NCc2ccc(F)cc2)cc1. The molecule has 5 heteroatoms. The molecule has 0 fully saturated rings. The maximum Gasteiger partial charge on any atom is 0.225 e. The molecule has 0 unspecified atom stereocenters. The van der Waals surface area contributed by atoms with Crippen LogP contribution in [-0.4, -0.2) is 10.9 Å². The van der Waals surface area contributed by atoms with E-state index in [1.54, 1.807) is 23.5 Å². The first-order chi connectivity index (χ1) is 12.0. The van der Waals surface area contributed by atoms with E-state index in [1.807, 2.05) is 38.1 Å². The van der Waals surface area contributed by atoms with Gasteiger partial charge in [-0.25, -0.2) is 9.37 Å². The molecular formula is C20H19FN2OS. The van der Waals surface area contributed by atoms with Gasteiger partial charge in [-0.15, -0.1) is 11.3 Å². The Morgan fingerprint density at radius 2 is 1.76 bits per heavy atom. The molecule has 1 aromatic heterocycles. The lowest BCUT2D eigenvalue weighted by Gasteiger charge is -2.06. The number of carbonyl (C=O) groups excluding carboxylic acids is 1. The summed E-state index contributed by atoms with van der Waals surface area (Å²) in [6, 6.07) is 14.3. The van der Waals surface area contributed by atoms with Gasteiger partial charge in [0.15, 0.2) is 0 Å². The zero-order valence-corrected chi connectivity index (χ0v) is 15.0. The van der Waals surface area contributed by atoms with E-state index in [4.69, 9.17) is 0 Å². The topological polar surface area (TPSA) is 42.0 Å². The minimum Gasteiger partial charge on any atom is -0.352 e. The third kappa shape index (κ3) is 4.51. The van der Waals surface area contributed by atoms with Gasteiger partial charge in [-0.2, -0.15) is 0 Å². The van der Waals surface area contributed by atoms with Gasteiger partial charge in [0.25, 0.3) is 0 Å². The average molecular weight is 354 g/mol. The van der Waals surface area contributed by atoms with Crippen LogP contribution in [0.5, 0.6) is 0 Å². The number of hydrogen-bond donors (Lipinski definition) is 1. The van der Waals surface area contributed by atoms with Crippen LogP contribution in [0.15, 0.2) is 48.5 Å². The fourth-order valence-electron chi connectivity index (χ4n) is 2.54. The zero-order chi connectivity index (χ0) is 17.8. The van der Waals surface area contributed by atoms with Crippen LogP contribution in [0.2, 0.25) is 0 Å². The number of rotatable bonds is 5. The first-order valence-corrected chi connectivity index (χ1v) is 8.87. The number of hydrogen-bond acceptors (Lipinski definition) is 3. The molecule has 0 aliphatic rings. The van der Waals surface area contributed by atoms with Gasteiger partial charge in [-0.1, -0.05) is 42.0 Å². The van der Waals surface area contributed by atoms with Gasteiger partial charge < -0.3 is 5.32 Å². The number of aryl methyl sites for hydroxylation is 2. The van der Waals surface area contributed by atoms with Gasteiger partial charge in [0, 0.05) is 17.0 Å². The molecule has 0 aliphatic carbocycles. The van der Waals surface area contributed by atoms with Crippen molar-refractivity contribution in [1.82, 2.24) is 10.3 Å². The third-order valence-corrected chi connectivity index (χ3v) is 4.82. The second kappa shape index (κ2) is 7.57. The number of nitrogens with one attached hydrogen (secondary N) is 1. The Hall–Kier alpha value is -2.53. The molecule has 25 heavy (non-hydrogen) atoms. The van der Waals surface area contributed by atoms with Crippen molar-refractivity contribution in [3.8, 4) is 11.3 Å². The lowest BCUT2D eigenvalue weighted by molar-refractivity contribution is -0.120. The van der Waals surface area contributed by atoms with E-state index in [0.29, 0.717) is 6.54 Å². The Bertz CT molecular complexity index is 870. The molecule has 1 heterocycles. The van der Waals surface area contributed by atoms with Crippen LogP contribution in [0, 0.1) is 19.7 Å². The number of carbonyl (C=O) groups is 1. The predicted molar refractivity (Wildman–Crippen MR) is 99.0 cm³/mol. The van der Waals surface area contributed by atoms with Gasteiger partial charge in [-0.05, 0) is 31.5 Å². The van der Waals surface area contributed by atoms with E-state index in [1.165, 1.54) is 17.7 Å². The molecule has 1 N–H and O–H groups in total. The van der Waals surface area contributed by atoms with Gasteiger partial charge in [0.05, 0.1) is 17.1 Å². The fourth-order valence-corrected chi connectivity index (χ4v) is 3.49. The van der Waals surface area contributed by atoms with Crippen LogP contribution >= 0.6 is 11.3 Å². The molecule has 3 aromatic rings. The Morgan fingerprint density at radius 3 is 2.44 bits per heavy atom. The molecule has 0 aliphatic heterocycles. The molecule has 0 radical (unpaired) electrons. The third-order valence-electron chi connectivity index (χ3n) is 3.85. The van der Waals surface area contributed by atoms with Crippen molar-refractivity contribution in [2.45, 2.75) is 26.8 Å². The van der Waals surface area contributed by atoms with Crippen molar-refractivity contribution in [3.05, 3.63) is 75.4 Å². The van der Waals surface area contributed by atoms with Crippen molar-refractivity contribution in [3.63, 3.8) is 0 Å². The number of nitrogens with zero attached hydrogens (tertiary/aromatic N) is 1. The van der Waals surface area contributed by atoms with Crippen molar-refractivity contribution in [1.29, 1.82) is 0 Å². The lowest BCUT2D eigenvalue weighted by atomic mass is 10.1. The molecule has 0 saturated carbocycles. The Morgan fingerprint density at radius 1 is 1.08 bits per heavy atom. The number of benzene rings is 2. The molecule has 128 valence electrons. The van der Waals surface area contributed by atoms with Crippen LogP contribution in [-0.2, 0) is 17.8 Å². The highest BCUT2D eigenvalue weighted by Gasteiger charge is 2.14. The van der Waals surface area contributed by atoms with Gasteiger partial charge in [0.1, 0.15) is 5.82 Å². The van der Waals surface area contributed by atoms with Crippen LogP contribution < -0.4 is 5.32 Å².